The van der Waals surface area contributed by atoms with Crippen molar-refractivity contribution in [2.24, 2.45) is 28.8 Å². The van der Waals surface area contributed by atoms with Crippen molar-refractivity contribution in [1.82, 2.24) is 14.8 Å². The first-order valence-corrected chi connectivity index (χ1v) is 29.6. The Kier molecular flexibility index (Phi) is 21.1. The molecule has 6 N–H and O–H groups in total. The fourth-order valence-electron chi connectivity index (χ4n) is 12.7. The Morgan fingerprint density at radius 1 is 0.950 bits per heavy atom. The molecule has 6 rings (SSSR count). The van der Waals surface area contributed by atoms with Gasteiger partial charge in [0.25, 0.3) is 10.1 Å². The Morgan fingerprint density at radius 3 is 2.24 bits per heavy atom. The van der Waals surface area contributed by atoms with Gasteiger partial charge in [-0.05, 0) is 126 Å². The lowest BCUT2D eigenvalue weighted by Gasteiger charge is -2.49. The number of cyclic esters (lactones) is 1. The van der Waals surface area contributed by atoms with Crippen molar-refractivity contribution < 1.29 is 80.9 Å². The molecule has 1 unspecified atom stereocenters. The molecule has 0 aliphatic carbocycles. The number of carbonyl (C=O) groups is 2. The van der Waals surface area contributed by atoms with Crippen molar-refractivity contribution >= 4 is 33.0 Å². The van der Waals surface area contributed by atoms with E-state index in [1.807, 2.05) is 32.0 Å². The quantitative estimate of drug-likeness (QED) is 0.0528. The molecule has 0 saturated carbocycles. The average molecular weight is 1160 g/mol. The molecule has 19 atom stereocenters. The first-order chi connectivity index (χ1) is 37.1. The lowest BCUT2D eigenvalue weighted by Crippen LogP contribution is -2.61. The van der Waals surface area contributed by atoms with Crippen LogP contribution in [-0.4, -0.2) is 186 Å². The monoisotopic (exact) mass is 1150 g/mol. The third kappa shape index (κ3) is 14.1. The fraction of sp³-hybridized carbons (Fsp3) is 0.804. The first-order valence-electron chi connectivity index (χ1n) is 28.0. The zero-order valence-electron chi connectivity index (χ0n) is 49.2. The number of nitroso groups, excluding NO2 is 1. The number of pyridine rings is 1. The number of aliphatic hydroxyl groups is 4. The molecule has 0 bridgehead atoms. The third-order valence-corrected chi connectivity index (χ3v) is 18.6. The Bertz CT molecular complexity index is 2670. The Balaban J connectivity index is 1.20. The topological polar surface area (TPSA) is 310 Å². The van der Waals surface area contributed by atoms with E-state index in [0.29, 0.717) is 31.3 Å². The van der Waals surface area contributed by atoms with Crippen molar-refractivity contribution in [1.29, 1.82) is 0 Å². The lowest BCUT2D eigenvalue weighted by atomic mass is 9.72. The number of aliphatic hydroxyl groups excluding tert-OH is 2. The number of aromatic nitrogens is 1. The standard InChI is InChI=1S/C56H90N4O19S/c1-16-40-56(12,68)47(63)31(4)42(58-69)29(2)25-54(10,67)48(78-52-45(62)39(59(13)14)22-30(3)74-52)32(5)46(33(6)51(66)76-40)77-41-26-55(11,72-15)49(34(7)75-41)79-80(70,71)21-20-57-19-17-18-35-23-36-28-73-53(8,9)60-27-38(50(64)65)44(61)37(24-35)43(36)60/h23-24,27,29-34,39-42,45-49,52,57,62-63,67-68H,16-22,25-26,28H2,1-15H3,(H,64,65)/t29-,30-,31-,32+,33-,34+,39+,40-,41+,42?,45-,46+,47-,48-,49+,52+,54-,55-,56-/m1/s1. The number of rotatable bonds is 18. The van der Waals surface area contributed by atoms with Gasteiger partial charge in [-0.15, -0.1) is 0 Å². The van der Waals surface area contributed by atoms with Gasteiger partial charge in [-0.2, -0.15) is 13.3 Å². The van der Waals surface area contributed by atoms with Gasteiger partial charge in [0.05, 0.1) is 71.6 Å². The number of hydrogen-bond donors (Lipinski definition) is 6. The maximum absolute atomic E-state index is 14.5. The number of aryl methyl sites for hydroxylation is 1. The van der Waals surface area contributed by atoms with Crippen molar-refractivity contribution in [2.45, 2.75) is 224 Å². The zero-order chi connectivity index (χ0) is 59.8. The molecule has 23 nitrogen and oxygen atoms in total. The van der Waals surface area contributed by atoms with Crippen LogP contribution < -0.4 is 10.7 Å². The van der Waals surface area contributed by atoms with Crippen LogP contribution in [0, 0.1) is 28.6 Å². The van der Waals surface area contributed by atoms with Crippen LogP contribution in [0.4, 0.5) is 0 Å². The molecule has 80 heavy (non-hydrogen) atoms. The highest BCUT2D eigenvalue weighted by Gasteiger charge is 2.55. The minimum absolute atomic E-state index is 0.0217. The molecular weight excluding hydrogens is 1060 g/mol. The number of hydrogen-bond acceptors (Lipinski definition) is 21. The summed E-state index contributed by atoms with van der Waals surface area (Å²) in [5, 5.41) is 64.7. The lowest BCUT2D eigenvalue weighted by molar-refractivity contribution is -0.316. The van der Waals surface area contributed by atoms with Gasteiger partial charge in [0.15, 0.2) is 12.6 Å². The zero-order valence-corrected chi connectivity index (χ0v) is 50.1. The van der Waals surface area contributed by atoms with Crippen LogP contribution in [0.5, 0.6) is 0 Å². The number of likely N-dealkylation sites (N-methyl/N-ethyl adjacent to an activating group) is 1. The van der Waals surface area contributed by atoms with Crippen LogP contribution in [0.25, 0.3) is 10.9 Å². The second-order valence-corrected chi connectivity index (χ2v) is 26.1. The largest absolute Gasteiger partial charge is 0.477 e. The van der Waals surface area contributed by atoms with Gasteiger partial charge in [-0.1, -0.05) is 38.9 Å². The van der Waals surface area contributed by atoms with Crippen molar-refractivity contribution in [3.8, 4) is 0 Å². The van der Waals surface area contributed by atoms with E-state index in [0.717, 1.165) is 11.1 Å². The van der Waals surface area contributed by atoms with E-state index in [4.69, 9.17) is 37.3 Å². The fourth-order valence-corrected chi connectivity index (χ4v) is 13.8. The second kappa shape index (κ2) is 25.7. The molecule has 0 spiro atoms. The van der Waals surface area contributed by atoms with E-state index in [1.54, 1.807) is 72.9 Å². The summed E-state index contributed by atoms with van der Waals surface area (Å²) in [6, 6.07) is 2.09. The van der Waals surface area contributed by atoms with E-state index >= 15 is 0 Å². The number of carboxylic acids is 1. The number of nitrogens with one attached hydrogen (secondary N) is 1. The van der Waals surface area contributed by atoms with Gasteiger partial charge >= 0.3 is 11.9 Å². The number of carboxylic acid groups (broad SMARTS) is 1. The molecule has 1 aromatic carbocycles. The van der Waals surface area contributed by atoms with Gasteiger partial charge < -0.3 is 73.5 Å². The molecule has 3 saturated heterocycles. The molecule has 1 aromatic heterocycles. The Morgan fingerprint density at radius 2 is 1.62 bits per heavy atom. The van der Waals surface area contributed by atoms with E-state index in [2.05, 4.69) is 10.5 Å². The van der Waals surface area contributed by atoms with Crippen LogP contribution >= 0.6 is 0 Å². The summed E-state index contributed by atoms with van der Waals surface area (Å²) in [5.41, 5.74) is -4.96. The number of methoxy groups -OCH3 is 1. The number of benzene rings is 1. The third-order valence-electron chi connectivity index (χ3n) is 17.4. The minimum atomic E-state index is -4.24. The summed E-state index contributed by atoms with van der Waals surface area (Å²) in [5.74, 6) is -6.49. The SMILES string of the molecule is CC[C@H]1OC(=O)[C@H](C)[C@@H](O[C@H]2C[C@@](C)(OC)[C@@H](OS(=O)(=O)CCNCCCc3cc4c5c(c3)c(=O)c(C(=O)O)cn5C(C)(C)OC4)[C@H](C)O2)[C@H](C)[C@@H](O[C@@H]2O[C@H](C)C[C@H](N(C)C)[C@H]2O)[C@](C)(O)C[C@@H](C)C(N=O)[C@@H](C)[C@@H](O)[C@]1(C)O. The second-order valence-electron chi connectivity index (χ2n) is 24.4. The molecule has 5 heterocycles. The van der Waals surface area contributed by atoms with Crippen LogP contribution in [0.1, 0.15) is 137 Å². The molecule has 0 amide bonds. The summed E-state index contributed by atoms with van der Waals surface area (Å²) < 4.78 is 79.3. The maximum atomic E-state index is 14.5. The highest BCUT2D eigenvalue weighted by Crippen LogP contribution is 2.43. The van der Waals surface area contributed by atoms with Gasteiger partial charge in [0.2, 0.25) is 5.43 Å². The number of nitrogens with zero attached hydrogens (tertiary/aromatic N) is 3. The number of aromatic carboxylic acids is 1. The van der Waals surface area contributed by atoms with Crippen molar-refractivity contribution in [2.75, 3.05) is 40.0 Å². The van der Waals surface area contributed by atoms with Gasteiger partial charge in [-0.3, -0.25) is 13.8 Å². The Hall–Kier alpha value is -3.60. The smallest absolute Gasteiger partial charge is 0.341 e. The number of ether oxygens (including phenoxy) is 7. The molecular formula is C56H90N4O19S. The summed E-state index contributed by atoms with van der Waals surface area (Å²) >= 11 is 0. The highest BCUT2D eigenvalue weighted by atomic mass is 32.2. The first kappa shape index (κ1) is 65.6. The van der Waals surface area contributed by atoms with Crippen LogP contribution in [-0.2, 0) is 71.0 Å². The molecule has 3 fully saturated rings. The highest BCUT2D eigenvalue weighted by molar-refractivity contribution is 7.86. The van der Waals surface area contributed by atoms with E-state index in [-0.39, 0.29) is 49.5 Å². The number of esters is 1. The molecule has 2 aromatic rings. The Labute approximate surface area is 470 Å². The maximum Gasteiger partial charge on any atom is 0.341 e. The van der Waals surface area contributed by atoms with Gasteiger partial charge in [0.1, 0.15) is 35.2 Å². The van der Waals surface area contributed by atoms with Gasteiger partial charge in [-0.25, -0.2) is 4.79 Å². The molecule has 4 aliphatic heterocycles. The van der Waals surface area contributed by atoms with Crippen LogP contribution in [0.2, 0.25) is 0 Å². The van der Waals surface area contributed by atoms with E-state index < -0.39 is 147 Å². The van der Waals surface area contributed by atoms with Crippen LogP contribution in [0.3, 0.4) is 0 Å². The van der Waals surface area contributed by atoms with E-state index in [9.17, 15) is 53.2 Å². The minimum Gasteiger partial charge on any atom is -0.477 e. The normalized spacial score (nSPS) is 38.4. The predicted octanol–water partition coefficient (Wildman–Crippen LogP) is 4.16. The summed E-state index contributed by atoms with van der Waals surface area (Å²) in [6.45, 7) is 20.3. The van der Waals surface area contributed by atoms with Gasteiger partial charge in [0, 0.05) is 55.1 Å². The summed E-state index contributed by atoms with van der Waals surface area (Å²) in [7, 11) is 0.795. The predicted molar refractivity (Wildman–Crippen MR) is 294 cm³/mol. The summed E-state index contributed by atoms with van der Waals surface area (Å²) in [6.07, 6.45) is -9.10. The molecule has 4 aliphatic rings. The molecule has 0 radical (unpaired) electrons. The van der Waals surface area contributed by atoms with Crippen molar-refractivity contribution in [3.63, 3.8) is 0 Å². The van der Waals surface area contributed by atoms with Crippen molar-refractivity contribution in [3.05, 3.63) is 50.2 Å². The molecule has 454 valence electrons. The molecule has 24 heteroatoms. The van der Waals surface area contributed by atoms with E-state index in [1.165, 1.54) is 27.2 Å². The number of carbonyl (C=O) groups excluding carboxylic acids is 1. The average Bonchev–Trinajstić information content (AvgIpc) is 3.45. The van der Waals surface area contributed by atoms with Crippen LogP contribution in [0.15, 0.2) is 28.3 Å². The summed E-state index contributed by atoms with van der Waals surface area (Å²) in [4.78, 5) is 54.4.